The van der Waals surface area contributed by atoms with Crippen molar-refractivity contribution in [3.8, 4) is 11.5 Å². The quantitative estimate of drug-likeness (QED) is 0.395. The van der Waals surface area contributed by atoms with Gasteiger partial charge in [0.05, 0.1) is 43.0 Å². The van der Waals surface area contributed by atoms with Crippen molar-refractivity contribution in [3.05, 3.63) is 65.0 Å². The molecule has 1 N–H and O–H groups in total. The number of esters is 1. The Morgan fingerprint density at radius 3 is 2.32 bits per heavy atom. The van der Waals surface area contributed by atoms with Crippen LogP contribution in [0, 0.1) is 5.82 Å². The van der Waals surface area contributed by atoms with E-state index in [9.17, 15) is 23.5 Å². The summed E-state index contributed by atoms with van der Waals surface area (Å²) in [5.41, 5.74) is 0.0189. The largest absolute Gasteiger partial charge is 0.490 e. The van der Waals surface area contributed by atoms with Crippen molar-refractivity contribution in [2.24, 2.45) is 0 Å². The van der Waals surface area contributed by atoms with Crippen LogP contribution in [0.1, 0.15) is 48.3 Å². The minimum Gasteiger partial charge on any atom is -0.490 e. The van der Waals surface area contributed by atoms with E-state index < -0.39 is 37.0 Å². The summed E-state index contributed by atoms with van der Waals surface area (Å²) in [5.74, 6) is -2.28. The fourth-order valence-corrected chi connectivity index (χ4v) is 4.57. The molecule has 0 saturated heterocycles. The lowest BCUT2D eigenvalue weighted by Crippen LogP contribution is -2.31. The number of rotatable bonds is 9. The molecular formula is C27H26F3NO6. The molecule has 0 bridgehead atoms. The highest BCUT2D eigenvalue weighted by Crippen LogP contribution is 2.51. The molecule has 0 radical (unpaired) electrons. The third-order valence-corrected chi connectivity index (χ3v) is 5.89. The van der Waals surface area contributed by atoms with Gasteiger partial charge >= 0.3 is 12.6 Å². The number of halogens is 3. The number of aliphatic hydroxyl groups is 1. The van der Waals surface area contributed by atoms with Gasteiger partial charge in [0, 0.05) is 16.3 Å². The fourth-order valence-electron chi connectivity index (χ4n) is 4.57. The maximum absolute atomic E-state index is 15.3. The lowest BCUT2D eigenvalue weighted by molar-refractivity contribution is -0.142. The number of aliphatic hydroxyl groups excluding tert-OH is 1. The molecular weight excluding hydrogens is 491 g/mol. The highest BCUT2D eigenvalue weighted by atomic mass is 19.3. The zero-order valence-electron chi connectivity index (χ0n) is 20.5. The maximum Gasteiger partial charge on any atom is 0.387 e. The van der Waals surface area contributed by atoms with Gasteiger partial charge < -0.3 is 19.3 Å². The number of nitrogens with zero attached hydrogens (tertiary/aromatic N) is 1. The van der Waals surface area contributed by atoms with Crippen LogP contribution in [0.15, 0.2) is 42.5 Å². The highest BCUT2D eigenvalue weighted by Gasteiger charge is 2.45. The maximum atomic E-state index is 15.3. The number of fused-ring (bicyclic) bond motifs is 2. The van der Waals surface area contributed by atoms with Gasteiger partial charge in [-0.25, -0.2) is 4.39 Å². The summed E-state index contributed by atoms with van der Waals surface area (Å²) in [6, 6.07) is 9.06. The molecule has 4 rings (SSSR count). The van der Waals surface area contributed by atoms with Gasteiger partial charge in [-0.2, -0.15) is 8.78 Å². The number of benzene rings is 3. The first-order valence-corrected chi connectivity index (χ1v) is 11.8. The third-order valence-electron chi connectivity index (χ3n) is 5.89. The van der Waals surface area contributed by atoms with Gasteiger partial charge in [0.2, 0.25) is 0 Å². The molecule has 1 amide bonds. The Morgan fingerprint density at radius 2 is 1.76 bits per heavy atom. The molecule has 1 unspecified atom stereocenters. The van der Waals surface area contributed by atoms with Gasteiger partial charge in [0.15, 0.2) is 0 Å². The van der Waals surface area contributed by atoms with Crippen LogP contribution in [0.2, 0.25) is 0 Å². The highest BCUT2D eigenvalue weighted by molar-refractivity contribution is 6.17. The number of carbonyl (C=O) groups excluding carboxylic acids is 2. The van der Waals surface area contributed by atoms with Crippen molar-refractivity contribution in [2.45, 2.75) is 45.9 Å². The van der Waals surface area contributed by atoms with Gasteiger partial charge in [-0.05, 0) is 38.5 Å². The smallest absolute Gasteiger partial charge is 0.387 e. The van der Waals surface area contributed by atoms with Crippen LogP contribution in [0.25, 0.3) is 10.8 Å². The van der Waals surface area contributed by atoms with E-state index in [0.717, 1.165) is 11.0 Å². The minimum absolute atomic E-state index is 0.0165. The van der Waals surface area contributed by atoms with E-state index in [-0.39, 0.29) is 52.8 Å². The Balaban J connectivity index is 1.91. The predicted molar refractivity (Wildman–Crippen MR) is 130 cm³/mol. The van der Waals surface area contributed by atoms with Gasteiger partial charge in [0.1, 0.15) is 17.3 Å². The van der Waals surface area contributed by atoms with Crippen LogP contribution in [-0.2, 0) is 16.0 Å². The number of hydrogen-bond donors (Lipinski definition) is 1. The second-order valence-electron chi connectivity index (χ2n) is 8.68. The summed E-state index contributed by atoms with van der Waals surface area (Å²) in [6.45, 7) is 1.39. The van der Waals surface area contributed by atoms with E-state index in [4.69, 9.17) is 14.2 Å². The number of anilines is 1. The van der Waals surface area contributed by atoms with E-state index in [2.05, 4.69) is 0 Å². The number of carbonyl (C=O) groups is 2. The summed E-state index contributed by atoms with van der Waals surface area (Å²) in [5, 5.41) is 11.0. The van der Waals surface area contributed by atoms with E-state index in [1.165, 1.54) is 12.1 Å². The van der Waals surface area contributed by atoms with Gasteiger partial charge in [-0.1, -0.05) is 30.3 Å². The summed E-state index contributed by atoms with van der Waals surface area (Å²) in [4.78, 5) is 26.6. The molecule has 10 heteroatoms. The molecule has 1 heterocycles. The monoisotopic (exact) mass is 517 g/mol. The number of ether oxygens (including phenoxy) is 3. The lowest BCUT2D eigenvalue weighted by atomic mass is 9.96. The van der Waals surface area contributed by atoms with Crippen molar-refractivity contribution >= 4 is 28.3 Å². The molecule has 0 aromatic heterocycles. The van der Waals surface area contributed by atoms with Crippen molar-refractivity contribution in [1.29, 1.82) is 0 Å². The Bertz CT molecular complexity index is 1340. The van der Waals surface area contributed by atoms with Crippen molar-refractivity contribution < 1.29 is 42.1 Å². The van der Waals surface area contributed by atoms with E-state index in [0.29, 0.717) is 10.9 Å². The SMILES string of the molecule is CCOC(=O)Cc1ccc(N2C(=O)c3c(c(OC(F)F)c4ccccc4c3OC(C)C)C2CO)c(F)c1. The molecule has 0 aliphatic carbocycles. The topological polar surface area (TPSA) is 85.3 Å². The second-order valence-corrected chi connectivity index (χ2v) is 8.68. The second kappa shape index (κ2) is 10.7. The van der Waals surface area contributed by atoms with Crippen LogP contribution in [0.5, 0.6) is 11.5 Å². The predicted octanol–water partition coefficient (Wildman–Crippen LogP) is 5.17. The molecule has 1 aliphatic rings. The number of alkyl halides is 2. The van der Waals surface area contributed by atoms with Crippen LogP contribution < -0.4 is 14.4 Å². The van der Waals surface area contributed by atoms with E-state index in [1.54, 1.807) is 45.0 Å². The molecule has 0 spiro atoms. The Morgan fingerprint density at radius 1 is 1.08 bits per heavy atom. The van der Waals surface area contributed by atoms with Gasteiger partial charge in [-0.15, -0.1) is 0 Å². The summed E-state index contributed by atoms with van der Waals surface area (Å²) in [6.07, 6.45) is -0.560. The van der Waals surface area contributed by atoms with Crippen LogP contribution in [-0.4, -0.2) is 42.9 Å². The van der Waals surface area contributed by atoms with Crippen molar-refractivity contribution in [1.82, 2.24) is 0 Å². The summed E-state index contributed by atoms with van der Waals surface area (Å²) in [7, 11) is 0. The van der Waals surface area contributed by atoms with Gasteiger partial charge in [0.25, 0.3) is 5.91 Å². The molecule has 196 valence electrons. The molecule has 37 heavy (non-hydrogen) atoms. The Labute approximate surface area is 211 Å². The standard InChI is InChI=1S/C27H26F3NO6/c1-4-35-21(33)12-15-9-10-19(18(28)11-15)31-20(13-32)22-23(26(31)34)25(36-14(2)3)17-8-6-5-7-16(17)24(22)37-27(29)30/h5-11,14,20,27,32H,4,12-13H2,1-3H3. The Hall–Kier alpha value is -3.79. The van der Waals surface area contributed by atoms with Crippen molar-refractivity contribution in [2.75, 3.05) is 18.1 Å². The molecule has 0 fully saturated rings. The average Bonchev–Trinajstić information content (AvgIpc) is 3.13. The van der Waals surface area contributed by atoms with Crippen LogP contribution in [0.4, 0.5) is 18.9 Å². The van der Waals surface area contributed by atoms with E-state index in [1.807, 2.05) is 0 Å². The van der Waals surface area contributed by atoms with E-state index >= 15 is 4.39 Å². The van der Waals surface area contributed by atoms with Crippen molar-refractivity contribution in [3.63, 3.8) is 0 Å². The number of amides is 1. The molecule has 1 atom stereocenters. The fraction of sp³-hybridized carbons (Fsp3) is 0.333. The third kappa shape index (κ3) is 4.93. The van der Waals surface area contributed by atoms with Gasteiger partial charge in [-0.3, -0.25) is 14.5 Å². The zero-order valence-corrected chi connectivity index (χ0v) is 20.5. The lowest BCUT2D eigenvalue weighted by Gasteiger charge is -2.25. The van der Waals surface area contributed by atoms with Crippen LogP contribution in [0.3, 0.4) is 0 Å². The minimum atomic E-state index is -3.22. The Kier molecular flexibility index (Phi) is 7.58. The summed E-state index contributed by atoms with van der Waals surface area (Å²) < 4.78 is 58.1. The normalized spacial score (nSPS) is 15.0. The molecule has 0 saturated carbocycles. The molecule has 3 aromatic carbocycles. The summed E-state index contributed by atoms with van der Waals surface area (Å²) >= 11 is 0. The molecule has 1 aliphatic heterocycles. The van der Waals surface area contributed by atoms with Crippen LogP contribution >= 0.6 is 0 Å². The molecule has 3 aromatic rings. The number of hydrogen-bond acceptors (Lipinski definition) is 6. The molecule has 7 nitrogen and oxygen atoms in total. The first-order chi connectivity index (χ1) is 17.7. The first kappa shape index (κ1) is 26.3. The zero-order chi connectivity index (χ0) is 26.9. The first-order valence-electron chi connectivity index (χ1n) is 11.8. The average molecular weight is 518 g/mol.